The summed E-state index contributed by atoms with van der Waals surface area (Å²) in [6.07, 6.45) is 2.62. The highest BCUT2D eigenvalue weighted by molar-refractivity contribution is 5.31. The standard InChI is InChI=1S/C37H54N10O6/c38-28-16-30(40)36(34(50)32(28)48)52-13-1-3-26-20-46(44-42-26)18-24-9-5-22(6-10-24)15-23-7-11-25(12-8-23)19-47-21-27(43-45-47)4-2-14-53-37-31(41)17-29(39)33(49)35(37)51/h5-12,20-21,28-37,48-51H,1-4,13-19,38-41H2/t28-,29-,30+,31+,32+,33+,34-,35-,36-,37-/m1/s1. The van der Waals surface area contributed by atoms with Gasteiger partial charge in [0.2, 0.25) is 0 Å². The molecule has 2 aliphatic carbocycles. The van der Waals surface area contributed by atoms with Crippen molar-refractivity contribution in [1.29, 1.82) is 0 Å². The van der Waals surface area contributed by atoms with E-state index < -0.39 is 60.8 Å². The zero-order chi connectivity index (χ0) is 37.5. The third kappa shape index (κ3) is 10.3. The molecule has 2 aromatic carbocycles. The van der Waals surface area contributed by atoms with Gasteiger partial charge in [-0.3, -0.25) is 0 Å². The van der Waals surface area contributed by atoms with E-state index >= 15 is 0 Å². The summed E-state index contributed by atoms with van der Waals surface area (Å²) in [5.41, 5.74) is 30.2. The van der Waals surface area contributed by atoms with E-state index in [0.29, 0.717) is 64.8 Å². The minimum absolute atomic E-state index is 0.379. The second-order valence-corrected chi connectivity index (χ2v) is 14.6. The van der Waals surface area contributed by atoms with E-state index in [-0.39, 0.29) is 0 Å². The zero-order valence-electron chi connectivity index (χ0n) is 29.9. The van der Waals surface area contributed by atoms with E-state index in [9.17, 15) is 20.4 Å². The van der Waals surface area contributed by atoms with Gasteiger partial charge in [0.05, 0.1) is 36.7 Å². The number of rotatable bonds is 16. The molecule has 4 aromatic rings. The van der Waals surface area contributed by atoms with Crippen molar-refractivity contribution in [2.45, 2.75) is 119 Å². The molecule has 16 heteroatoms. The Morgan fingerprint density at radius 1 is 0.547 bits per heavy atom. The Morgan fingerprint density at radius 3 is 1.32 bits per heavy atom. The molecular weight excluding hydrogens is 680 g/mol. The summed E-state index contributed by atoms with van der Waals surface area (Å²) in [4.78, 5) is 0. The first kappa shape index (κ1) is 39.0. The Bertz CT molecular complexity index is 1580. The summed E-state index contributed by atoms with van der Waals surface area (Å²) in [6, 6.07) is 15.1. The molecule has 0 aliphatic heterocycles. The lowest BCUT2D eigenvalue weighted by molar-refractivity contribution is -0.127. The van der Waals surface area contributed by atoms with Gasteiger partial charge in [0, 0.05) is 49.8 Å². The maximum absolute atomic E-state index is 10.3. The summed E-state index contributed by atoms with van der Waals surface area (Å²) in [5.74, 6) is 0. The third-order valence-corrected chi connectivity index (χ3v) is 10.3. The topological polar surface area (TPSA) is 265 Å². The van der Waals surface area contributed by atoms with Crippen LogP contribution < -0.4 is 22.9 Å². The van der Waals surface area contributed by atoms with Crippen molar-refractivity contribution in [2.24, 2.45) is 22.9 Å². The number of benzene rings is 2. The molecule has 2 aliphatic rings. The van der Waals surface area contributed by atoms with Gasteiger partial charge in [0.15, 0.2) is 0 Å². The highest BCUT2D eigenvalue weighted by Gasteiger charge is 2.42. The maximum Gasteiger partial charge on any atom is 0.109 e. The fourth-order valence-corrected chi connectivity index (χ4v) is 7.16. The molecule has 10 atom stereocenters. The highest BCUT2D eigenvalue weighted by atomic mass is 16.5. The maximum atomic E-state index is 10.3. The van der Waals surface area contributed by atoms with Crippen LogP contribution >= 0.6 is 0 Å². The van der Waals surface area contributed by atoms with Crippen molar-refractivity contribution >= 4 is 0 Å². The molecule has 0 amide bonds. The summed E-state index contributed by atoms with van der Waals surface area (Å²) >= 11 is 0. The van der Waals surface area contributed by atoms with Crippen LogP contribution in [0.4, 0.5) is 0 Å². The van der Waals surface area contributed by atoms with Crippen molar-refractivity contribution in [2.75, 3.05) is 13.2 Å². The van der Waals surface area contributed by atoms with E-state index in [1.54, 1.807) is 0 Å². The number of aliphatic hydroxyl groups excluding tert-OH is 4. The van der Waals surface area contributed by atoms with Gasteiger partial charge in [-0.2, -0.15) is 0 Å². The molecule has 6 rings (SSSR count). The highest BCUT2D eigenvalue weighted by Crippen LogP contribution is 2.23. The largest absolute Gasteiger partial charge is 0.389 e. The molecule has 0 bridgehead atoms. The Morgan fingerprint density at radius 2 is 0.925 bits per heavy atom. The molecular formula is C37H54N10O6. The van der Waals surface area contributed by atoms with Crippen molar-refractivity contribution < 1.29 is 29.9 Å². The molecule has 53 heavy (non-hydrogen) atoms. The minimum atomic E-state index is -1.10. The lowest BCUT2D eigenvalue weighted by Gasteiger charge is -2.39. The predicted molar refractivity (Wildman–Crippen MR) is 195 cm³/mol. The lowest BCUT2D eigenvalue weighted by Crippen LogP contribution is -2.62. The molecule has 16 nitrogen and oxygen atoms in total. The quantitative estimate of drug-likeness (QED) is 0.0626. The van der Waals surface area contributed by atoms with Crippen LogP contribution in [0.1, 0.15) is 59.3 Å². The van der Waals surface area contributed by atoms with Crippen molar-refractivity contribution in [1.82, 2.24) is 30.0 Å². The number of nitrogens with zero attached hydrogens (tertiary/aromatic N) is 6. The normalized spacial score (nSPS) is 29.1. The van der Waals surface area contributed by atoms with Gasteiger partial charge in [-0.15, -0.1) is 10.2 Å². The van der Waals surface area contributed by atoms with Crippen LogP contribution in [0.25, 0.3) is 0 Å². The smallest absolute Gasteiger partial charge is 0.109 e. The van der Waals surface area contributed by atoms with E-state index in [0.717, 1.165) is 28.9 Å². The van der Waals surface area contributed by atoms with E-state index in [1.165, 1.54) is 11.1 Å². The molecule has 2 fully saturated rings. The van der Waals surface area contributed by atoms with Crippen LogP contribution in [-0.4, -0.2) is 124 Å². The molecule has 0 unspecified atom stereocenters. The second-order valence-electron chi connectivity index (χ2n) is 14.6. The Kier molecular flexibility index (Phi) is 13.3. The van der Waals surface area contributed by atoms with Gasteiger partial charge in [-0.1, -0.05) is 59.0 Å². The molecule has 0 saturated heterocycles. The Labute approximate surface area is 309 Å². The van der Waals surface area contributed by atoms with Crippen LogP contribution in [0, 0.1) is 0 Å². The van der Waals surface area contributed by atoms with Crippen LogP contribution in [0.15, 0.2) is 60.9 Å². The third-order valence-electron chi connectivity index (χ3n) is 10.3. The first-order valence-corrected chi connectivity index (χ1v) is 18.5. The van der Waals surface area contributed by atoms with Crippen LogP contribution in [0.3, 0.4) is 0 Å². The van der Waals surface area contributed by atoms with Gasteiger partial charge >= 0.3 is 0 Å². The number of hydrogen-bond donors (Lipinski definition) is 8. The number of aryl methyl sites for hydroxylation is 2. The molecule has 2 aromatic heterocycles. The van der Waals surface area contributed by atoms with E-state index in [2.05, 4.69) is 69.2 Å². The summed E-state index contributed by atoms with van der Waals surface area (Å²) in [5, 5.41) is 57.7. The van der Waals surface area contributed by atoms with E-state index in [4.69, 9.17) is 32.4 Å². The van der Waals surface area contributed by atoms with Crippen molar-refractivity contribution in [3.8, 4) is 0 Å². The SMILES string of the molecule is N[C@@H]1C[C@H](N)[C@@H](OCCCc2cn(Cc3ccc(Cc4ccc(Cn5cc(CCCO[C@H]6[C@H](O)[C@@H](O)[C@H](N)C[C@@H]6N)nn5)cc4)cc3)nn2)[C@H](O)[C@H]1O. The van der Waals surface area contributed by atoms with E-state index in [1.807, 2.05) is 21.8 Å². The first-order valence-electron chi connectivity index (χ1n) is 18.5. The summed E-state index contributed by atoms with van der Waals surface area (Å²) in [7, 11) is 0. The number of nitrogens with two attached hydrogens (primary N) is 4. The summed E-state index contributed by atoms with van der Waals surface area (Å²) < 4.78 is 15.2. The molecule has 2 saturated carbocycles. The predicted octanol–water partition coefficient (Wildman–Crippen LogP) is -1.25. The number of hydrogen-bond acceptors (Lipinski definition) is 14. The Balaban J connectivity index is 0.887. The molecule has 288 valence electrons. The monoisotopic (exact) mass is 734 g/mol. The fourth-order valence-electron chi connectivity index (χ4n) is 7.16. The second kappa shape index (κ2) is 18.1. The number of aliphatic hydroxyl groups is 4. The average Bonchev–Trinajstić information content (AvgIpc) is 3.79. The molecule has 12 N–H and O–H groups in total. The first-order chi connectivity index (χ1) is 25.5. The van der Waals surface area contributed by atoms with Gasteiger partial charge in [-0.25, -0.2) is 9.36 Å². The van der Waals surface area contributed by atoms with Crippen molar-refractivity contribution in [3.05, 3.63) is 94.6 Å². The minimum Gasteiger partial charge on any atom is -0.389 e. The van der Waals surface area contributed by atoms with Crippen LogP contribution in [0.5, 0.6) is 0 Å². The molecule has 0 spiro atoms. The molecule has 2 heterocycles. The summed E-state index contributed by atoms with van der Waals surface area (Å²) in [6.45, 7) is 1.98. The fraction of sp³-hybridized carbons (Fsp3) is 0.568. The average molecular weight is 735 g/mol. The van der Waals surface area contributed by atoms with Gasteiger partial charge in [0.1, 0.15) is 24.4 Å². The van der Waals surface area contributed by atoms with Crippen LogP contribution in [-0.2, 0) is 41.8 Å². The lowest BCUT2D eigenvalue weighted by atomic mass is 9.85. The molecule has 0 radical (unpaired) electrons. The van der Waals surface area contributed by atoms with Crippen molar-refractivity contribution in [3.63, 3.8) is 0 Å². The zero-order valence-corrected chi connectivity index (χ0v) is 29.9. The van der Waals surface area contributed by atoms with Crippen LogP contribution in [0.2, 0.25) is 0 Å². The van der Waals surface area contributed by atoms with Gasteiger partial charge in [-0.05, 0) is 67.2 Å². The Hall–Kier alpha value is -3.68. The number of aromatic nitrogens is 6. The number of ether oxygens (including phenoxy) is 2. The van der Waals surface area contributed by atoms with Gasteiger partial charge < -0.3 is 52.8 Å². The van der Waals surface area contributed by atoms with Gasteiger partial charge in [0.25, 0.3) is 0 Å².